The Balaban J connectivity index is 2.91. The molecule has 0 spiro atoms. The van der Waals surface area contributed by atoms with Crippen LogP contribution in [0.25, 0.3) is 0 Å². The van der Waals surface area contributed by atoms with Gasteiger partial charge in [0.05, 0.1) is 20.3 Å². The minimum atomic E-state index is -0.562. The average Bonchev–Trinajstić information content (AvgIpc) is 2.38. The lowest BCUT2D eigenvalue weighted by molar-refractivity contribution is 0.164. The Hall–Kier alpha value is -1.18. The summed E-state index contributed by atoms with van der Waals surface area (Å²) in [6, 6.07) is 3.57. The Bertz CT molecular complexity index is 437. The van der Waals surface area contributed by atoms with E-state index < -0.39 is 6.10 Å². The first-order chi connectivity index (χ1) is 8.63. The van der Waals surface area contributed by atoms with Crippen molar-refractivity contribution >= 4 is 15.9 Å². The lowest BCUT2D eigenvalue weighted by Crippen LogP contribution is -2.01. The van der Waals surface area contributed by atoms with Crippen molar-refractivity contribution < 1.29 is 14.6 Å². The summed E-state index contributed by atoms with van der Waals surface area (Å²) in [5.74, 6) is 3.79. The number of ether oxygens (including phenoxy) is 2. The summed E-state index contributed by atoms with van der Waals surface area (Å²) in [6.07, 6.45) is 6.71. The van der Waals surface area contributed by atoms with E-state index in [1.54, 1.807) is 26.4 Å². The van der Waals surface area contributed by atoms with Gasteiger partial charge in [0.2, 0.25) is 0 Å². The first-order valence-corrected chi connectivity index (χ1v) is 6.46. The molecule has 1 unspecified atom stereocenters. The van der Waals surface area contributed by atoms with Gasteiger partial charge < -0.3 is 14.6 Å². The highest BCUT2D eigenvalue weighted by atomic mass is 79.9. The van der Waals surface area contributed by atoms with Crippen molar-refractivity contribution in [2.75, 3.05) is 14.2 Å². The Morgan fingerprint density at radius 3 is 2.50 bits per heavy atom. The second-order valence-corrected chi connectivity index (χ2v) is 4.70. The normalized spacial score (nSPS) is 11.7. The maximum Gasteiger partial charge on any atom is 0.161 e. The van der Waals surface area contributed by atoms with Crippen LogP contribution in [0, 0.1) is 12.3 Å². The number of hydrogen-bond acceptors (Lipinski definition) is 3. The summed E-state index contributed by atoms with van der Waals surface area (Å²) in [5, 5.41) is 10.1. The third kappa shape index (κ3) is 3.66. The fraction of sp³-hybridized carbons (Fsp3) is 0.429. The summed E-state index contributed by atoms with van der Waals surface area (Å²) in [5.41, 5.74) is 0.782. The van der Waals surface area contributed by atoms with Crippen LogP contribution in [0.5, 0.6) is 11.5 Å². The third-order valence-corrected chi connectivity index (χ3v) is 3.35. The highest BCUT2D eigenvalue weighted by Gasteiger charge is 2.15. The van der Waals surface area contributed by atoms with E-state index in [0.29, 0.717) is 24.3 Å². The number of halogens is 1. The smallest absolute Gasteiger partial charge is 0.161 e. The van der Waals surface area contributed by atoms with Gasteiger partial charge >= 0.3 is 0 Å². The summed E-state index contributed by atoms with van der Waals surface area (Å²) >= 11 is 3.43. The minimum absolute atomic E-state index is 0.562. The molecule has 1 aromatic rings. The predicted octanol–water partition coefficient (Wildman–Crippen LogP) is 3.30. The SMILES string of the molecule is C#CCCCC(O)c1cc(OC)c(OC)cc1Br. The minimum Gasteiger partial charge on any atom is -0.493 e. The fourth-order valence-corrected chi connectivity index (χ4v) is 2.26. The van der Waals surface area contributed by atoms with Gasteiger partial charge in [0.15, 0.2) is 11.5 Å². The zero-order chi connectivity index (χ0) is 13.5. The van der Waals surface area contributed by atoms with E-state index in [4.69, 9.17) is 15.9 Å². The summed E-state index contributed by atoms with van der Waals surface area (Å²) in [7, 11) is 3.15. The van der Waals surface area contributed by atoms with Gasteiger partial charge in [0.25, 0.3) is 0 Å². The van der Waals surface area contributed by atoms with Crippen LogP contribution in [0.4, 0.5) is 0 Å². The van der Waals surface area contributed by atoms with Gasteiger partial charge in [-0.1, -0.05) is 15.9 Å². The number of hydrogen-bond donors (Lipinski definition) is 1. The molecule has 0 aliphatic rings. The lowest BCUT2D eigenvalue weighted by atomic mass is 10.0. The maximum absolute atomic E-state index is 10.1. The van der Waals surface area contributed by atoms with Crippen molar-refractivity contribution in [2.45, 2.75) is 25.4 Å². The predicted molar refractivity (Wildman–Crippen MR) is 74.9 cm³/mol. The number of rotatable bonds is 6. The molecular weight excluding hydrogens is 296 g/mol. The molecular formula is C14H17BrO3. The molecule has 4 heteroatoms. The molecule has 0 bridgehead atoms. The van der Waals surface area contributed by atoms with E-state index in [0.717, 1.165) is 16.5 Å². The van der Waals surface area contributed by atoms with Gasteiger partial charge in [-0.2, -0.15) is 0 Å². The topological polar surface area (TPSA) is 38.7 Å². The van der Waals surface area contributed by atoms with Crippen LogP contribution in [-0.4, -0.2) is 19.3 Å². The highest BCUT2D eigenvalue weighted by Crippen LogP contribution is 2.37. The van der Waals surface area contributed by atoms with Crippen molar-refractivity contribution in [3.63, 3.8) is 0 Å². The molecule has 1 atom stereocenters. The van der Waals surface area contributed by atoms with E-state index in [1.165, 1.54) is 0 Å². The molecule has 0 aliphatic heterocycles. The standard InChI is InChI=1S/C14H17BrO3/c1-4-5-6-7-12(16)10-8-13(17-2)14(18-3)9-11(10)15/h1,8-9,12,16H,5-7H2,2-3H3. The Labute approximate surface area is 116 Å². The van der Waals surface area contributed by atoms with Gasteiger partial charge in [-0.3, -0.25) is 0 Å². The molecule has 1 rings (SSSR count). The Kier molecular flexibility index (Phi) is 6.03. The van der Waals surface area contributed by atoms with Crippen molar-refractivity contribution in [1.29, 1.82) is 0 Å². The van der Waals surface area contributed by atoms with Gasteiger partial charge in [-0.05, 0) is 30.5 Å². The van der Waals surface area contributed by atoms with E-state index in [-0.39, 0.29) is 0 Å². The molecule has 18 heavy (non-hydrogen) atoms. The third-order valence-electron chi connectivity index (χ3n) is 2.66. The molecule has 1 N–H and O–H groups in total. The summed E-state index contributed by atoms with van der Waals surface area (Å²) < 4.78 is 11.2. The molecule has 0 aromatic heterocycles. The largest absolute Gasteiger partial charge is 0.493 e. The maximum atomic E-state index is 10.1. The van der Waals surface area contributed by atoms with Crippen molar-refractivity contribution in [3.05, 3.63) is 22.2 Å². The first kappa shape index (κ1) is 14.9. The monoisotopic (exact) mass is 312 g/mol. The zero-order valence-corrected chi connectivity index (χ0v) is 12.2. The van der Waals surface area contributed by atoms with Crippen molar-refractivity contribution in [2.24, 2.45) is 0 Å². The van der Waals surface area contributed by atoms with Gasteiger partial charge in [0.1, 0.15) is 0 Å². The highest BCUT2D eigenvalue weighted by molar-refractivity contribution is 9.10. The average molecular weight is 313 g/mol. The molecule has 0 heterocycles. The van der Waals surface area contributed by atoms with Gasteiger partial charge in [0, 0.05) is 10.9 Å². The van der Waals surface area contributed by atoms with E-state index in [9.17, 15) is 5.11 Å². The van der Waals surface area contributed by atoms with Crippen LogP contribution in [0.2, 0.25) is 0 Å². The molecule has 1 aromatic carbocycles. The number of terminal acetylenes is 1. The van der Waals surface area contributed by atoms with Crippen LogP contribution in [0.15, 0.2) is 16.6 Å². The van der Waals surface area contributed by atoms with E-state index >= 15 is 0 Å². The van der Waals surface area contributed by atoms with Crippen LogP contribution in [-0.2, 0) is 0 Å². The lowest BCUT2D eigenvalue weighted by Gasteiger charge is -2.16. The first-order valence-electron chi connectivity index (χ1n) is 5.67. The van der Waals surface area contributed by atoms with Crippen LogP contribution < -0.4 is 9.47 Å². The molecule has 0 saturated carbocycles. The second-order valence-electron chi connectivity index (χ2n) is 3.84. The molecule has 0 radical (unpaired) electrons. The van der Waals surface area contributed by atoms with E-state index in [2.05, 4.69) is 21.9 Å². The fourth-order valence-electron chi connectivity index (χ4n) is 1.68. The van der Waals surface area contributed by atoms with Gasteiger partial charge in [-0.25, -0.2) is 0 Å². The zero-order valence-electron chi connectivity index (χ0n) is 10.6. The Morgan fingerprint density at radius 2 is 1.94 bits per heavy atom. The van der Waals surface area contributed by atoms with Crippen LogP contribution in [0.3, 0.4) is 0 Å². The van der Waals surface area contributed by atoms with Crippen molar-refractivity contribution in [1.82, 2.24) is 0 Å². The van der Waals surface area contributed by atoms with Gasteiger partial charge in [-0.15, -0.1) is 12.3 Å². The second kappa shape index (κ2) is 7.30. The molecule has 98 valence electrons. The molecule has 0 aliphatic carbocycles. The van der Waals surface area contributed by atoms with Crippen molar-refractivity contribution in [3.8, 4) is 23.8 Å². The molecule has 0 saturated heterocycles. The van der Waals surface area contributed by atoms with Crippen LogP contribution in [0.1, 0.15) is 30.9 Å². The Morgan fingerprint density at radius 1 is 1.33 bits per heavy atom. The number of methoxy groups -OCH3 is 2. The summed E-state index contributed by atoms with van der Waals surface area (Å²) in [4.78, 5) is 0. The number of aliphatic hydroxyl groups excluding tert-OH is 1. The molecule has 0 amide bonds. The number of aliphatic hydroxyl groups is 1. The molecule has 0 fully saturated rings. The number of unbranched alkanes of at least 4 members (excludes halogenated alkanes) is 1. The van der Waals surface area contributed by atoms with Crippen LogP contribution >= 0.6 is 15.9 Å². The van der Waals surface area contributed by atoms with E-state index in [1.807, 2.05) is 0 Å². The summed E-state index contributed by atoms with van der Waals surface area (Å²) in [6.45, 7) is 0. The quantitative estimate of drug-likeness (QED) is 0.647. The number of benzene rings is 1. The molecule has 3 nitrogen and oxygen atoms in total.